The molecule has 0 heterocycles. The highest BCUT2D eigenvalue weighted by Crippen LogP contribution is 2.40. The van der Waals surface area contributed by atoms with Crippen LogP contribution in [0.1, 0.15) is 44.9 Å². The molecule has 0 atom stereocenters. The molecule has 0 aliphatic rings. The third kappa shape index (κ3) is 5.20. The lowest BCUT2D eigenvalue weighted by molar-refractivity contribution is 0.261. The Morgan fingerprint density at radius 1 is 0.774 bits per heavy atom. The van der Waals surface area contributed by atoms with Crippen molar-refractivity contribution in [2.75, 3.05) is 27.2 Å². The summed E-state index contributed by atoms with van der Waals surface area (Å²) in [6, 6.07) is 16.0. The van der Waals surface area contributed by atoms with E-state index >= 15 is 0 Å². The first-order valence-corrected chi connectivity index (χ1v) is 10.6. The second-order valence-corrected chi connectivity index (χ2v) is 8.65. The zero-order valence-corrected chi connectivity index (χ0v) is 19.4. The number of aromatic hydroxyl groups is 2. The minimum atomic E-state index is -0.0454. The summed E-state index contributed by atoms with van der Waals surface area (Å²) < 4.78 is 6.00. The first-order chi connectivity index (χ1) is 14.7. The van der Waals surface area contributed by atoms with Crippen molar-refractivity contribution in [3.05, 3.63) is 87.5 Å². The Kier molecular flexibility index (Phi) is 6.91. The van der Waals surface area contributed by atoms with E-state index in [2.05, 4.69) is 29.2 Å². The summed E-state index contributed by atoms with van der Waals surface area (Å²) >= 11 is 0. The fourth-order valence-electron chi connectivity index (χ4n) is 3.93. The minimum absolute atomic E-state index is 0.0454. The maximum atomic E-state index is 10.2. The van der Waals surface area contributed by atoms with Crippen LogP contribution in [-0.2, 0) is 0 Å². The summed E-state index contributed by atoms with van der Waals surface area (Å²) in [4.78, 5) is 2.10. The van der Waals surface area contributed by atoms with E-state index in [1.54, 1.807) is 0 Å². The molecule has 4 heteroatoms. The summed E-state index contributed by atoms with van der Waals surface area (Å²) in [6.07, 6.45) is 0. The van der Waals surface area contributed by atoms with Crippen LogP contribution in [0.2, 0.25) is 0 Å². The molecule has 0 fully saturated rings. The highest BCUT2D eigenvalue weighted by Gasteiger charge is 2.23. The molecule has 0 aliphatic carbocycles. The summed E-state index contributed by atoms with van der Waals surface area (Å²) in [5.41, 5.74) is 7.12. The van der Waals surface area contributed by atoms with Gasteiger partial charge in [-0.3, -0.25) is 0 Å². The van der Waals surface area contributed by atoms with Gasteiger partial charge in [0.1, 0.15) is 23.9 Å². The van der Waals surface area contributed by atoms with Gasteiger partial charge in [-0.25, -0.2) is 0 Å². The number of likely N-dealkylation sites (N-methyl/N-ethyl adjacent to an activating group) is 1. The topological polar surface area (TPSA) is 52.9 Å². The molecule has 31 heavy (non-hydrogen) atoms. The fraction of sp³-hybridized carbons (Fsp3) is 0.333. The molecule has 0 saturated carbocycles. The predicted octanol–water partition coefficient (Wildman–Crippen LogP) is 5.45. The summed E-state index contributed by atoms with van der Waals surface area (Å²) in [7, 11) is 4.06. The lowest BCUT2D eigenvalue weighted by Crippen LogP contribution is -2.19. The molecule has 3 rings (SSSR count). The van der Waals surface area contributed by atoms with E-state index in [9.17, 15) is 10.2 Å². The maximum Gasteiger partial charge on any atom is 0.119 e. The number of phenols is 2. The summed E-state index contributed by atoms with van der Waals surface area (Å²) in [5, 5.41) is 20.4. The molecule has 0 amide bonds. The van der Waals surface area contributed by atoms with Crippen LogP contribution in [0.25, 0.3) is 0 Å². The highest BCUT2D eigenvalue weighted by molar-refractivity contribution is 5.55. The number of phenolic OH excluding ortho intramolecular Hbond substituents is 2. The van der Waals surface area contributed by atoms with Crippen LogP contribution in [-0.4, -0.2) is 42.4 Å². The maximum absolute atomic E-state index is 10.2. The summed E-state index contributed by atoms with van der Waals surface area (Å²) in [5.74, 6) is 1.40. The van der Waals surface area contributed by atoms with Gasteiger partial charge in [0, 0.05) is 12.5 Å². The van der Waals surface area contributed by atoms with Gasteiger partial charge in [-0.05, 0) is 105 Å². The SMILES string of the molecule is Cc1cc(C(c2cccc(OCCN(C)C)c2)c2cc(C)c(O)cc2C)c(C)cc1O. The van der Waals surface area contributed by atoms with Gasteiger partial charge in [0.2, 0.25) is 0 Å². The largest absolute Gasteiger partial charge is 0.508 e. The van der Waals surface area contributed by atoms with Crippen LogP contribution >= 0.6 is 0 Å². The van der Waals surface area contributed by atoms with Gasteiger partial charge in [0.25, 0.3) is 0 Å². The molecule has 4 nitrogen and oxygen atoms in total. The molecule has 3 aromatic carbocycles. The second-order valence-electron chi connectivity index (χ2n) is 8.65. The van der Waals surface area contributed by atoms with Crippen LogP contribution in [0.3, 0.4) is 0 Å². The number of ether oxygens (including phenoxy) is 1. The number of rotatable bonds is 7. The van der Waals surface area contributed by atoms with E-state index in [4.69, 9.17) is 4.74 Å². The molecule has 164 valence electrons. The smallest absolute Gasteiger partial charge is 0.119 e. The van der Waals surface area contributed by atoms with E-state index in [0.717, 1.165) is 51.2 Å². The lowest BCUT2D eigenvalue weighted by atomic mass is 9.80. The van der Waals surface area contributed by atoms with Crippen LogP contribution < -0.4 is 4.74 Å². The minimum Gasteiger partial charge on any atom is -0.508 e. The van der Waals surface area contributed by atoms with Crippen LogP contribution in [0, 0.1) is 27.7 Å². The second kappa shape index (κ2) is 9.44. The lowest BCUT2D eigenvalue weighted by Gasteiger charge is -2.25. The van der Waals surface area contributed by atoms with Crippen molar-refractivity contribution < 1.29 is 14.9 Å². The van der Waals surface area contributed by atoms with Crippen molar-refractivity contribution in [3.8, 4) is 17.2 Å². The average Bonchev–Trinajstić information content (AvgIpc) is 2.70. The predicted molar refractivity (Wildman–Crippen MR) is 127 cm³/mol. The molecular formula is C27H33NO3. The van der Waals surface area contributed by atoms with Crippen molar-refractivity contribution in [2.24, 2.45) is 0 Å². The third-order valence-corrected chi connectivity index (χ3v) is 5.79. The first kappa shape index (κ1) is 22.7. The Bertz CT molecular complexity index is 1010. The first-order valence-electron chi connectivity index (χ1n) is 10.6. The van der Waals surface area contributed by atoms with Crippen molar-refractivity contribution in [2.45, 2.75) is 33.6 Å². The number of benzene rings is 3. The van der Waals surface area contributed by atoms with Crippen molar-refractivity contribution in [3.63, 3.8) is 0 Å². The van der Waals surface area contributed by atoms with Gasteiger partial charge in [-0.2, -0.15) is 0 Å². The van der Waals surface area contributed by atoms with Crippen LogP contribution in [0.5, 0.6) is 17.2 Å². The molecule has 0 saturated heterocycles. The molecule has 0 aromatic heterocycles. The van der Waals surface area contributed by atoms with Gasteiger partial charge in [-0.1, -0.05) is 24.3 Å². The third-order valence-electron chi connectivity index (χ3n) is 5.79. The zero-order valence-electron chi connectivity index (χ0n) is 19.4. The summed E-state index contributed by atoms with van der Waals surface area (Å²) in [6.45, 7) is 9.37. The Morgan fingerprint density at radius 2 is 1.32 bits per heavy atom. The van der Waals surface area contributed by atoms with Crippen molar-refractivity contribution >= 4 is 0 Å². The normalized spacial score (nSPS) is 11.4. The average molecular weight is 420 g/mol. The Labute approximate surface area is 185 Å². The molecule has 3 aromatic rings. The van der Waals surface area contributed by atoms with E-state index in [1.807, 2.05) is 66.1 Å². The fourth-order valence-corrected chi connectivity index (χ4v) is 3.93. The highest BCUT2D eigenvalue weighted by atomic mass is 16.5. The molecule has 0 radical (unpaired) electrons. The van der Waals surface area contributed by atoms with Gasteiger partial charge in [0.15, 0.2) is 0 Å². The molecule has 2 N–H and O–H groups in total. The standard InChI is InChI=1S/C27H33NO3/c1-17-14-25(29)19(3)12-23(17)27(24-13-20(4)26(30)15-18(24)2)21-8-7-9-22(16-21)31-11-10-28(5)6/h7-9,12-16,27,29-30H,10-11H2,1-6H3. The molecular weight excluding hydrogens is 386 g/mol. The van der Waals surface area contributed by atoms with Gasteiger partial charge < -0.3 is 19.8 Å². The molecule has 0 bridgehead atoms. The molecule has 0 spiro atoms. The monoisotopic (exact) mass is 419 g/mol. The van der Waals surface area contributed by atoms with E-state index in [-0.39, 0.29) is 5.92 Å². The van der Waals surface area contributed by atoms with Crippen molar-refractivity contribution in [1.82, 2.24) is 4.90 Å². The molecule has 0 unspecified atom stereocenters. The van der Waals surface area contributed by atoms with E-state index in [1.165, 1.54) is 0 Å². The van der Waals surface area contributed by atoms with Crippen molar-refractivity contribution in [1.29, 1.82) is 0 Å². The van der Waals surface area contributed by atoms with Gasteiger partial charge in [-0.15, -0.1) is 0 Å². The van der Waals surface area contributed by atoms with Gasteiger partial charge >= 0.3 is 0 Å². The Balaban J connectivity index is 2.14. The quantitative estimate of drug-likeness (QED) is 0.500. The van der Waals surface area contributed by atoms with Gasteiger partial charge in [0.05, 0.1) is 0 Å². The van der Waals surface area contributed by atoms with Crippen LogP contribution in [0.4, 0.5) is 0 Å². The zero-order chi connectivity index (χ0) is 22.7. The number of hydrogen-bond acceptors (Lipinski definition) is 4. The van der Waals surface area contributed by atoms with Crippen LogP contribution in [0.15, 0.2) is 48.5 Å². The van der Waals surface area contributed by atoms with E-state index < -0.39 is 0 Å². The molecule has 0 aliphatic heterocycles. The van der Waals surface area contributed by atoms with E-state index in [0.29, 0.717) is 18.1 Å². The Morgan fingerprint density at radius 3 is 1.84 bits per heavy atom. The number of hydrogen-bond donors (Lipinski definition) is 2. The number of nitrogens with zero attached hydrogens (tertiary/aromatic N) is 1. The Hall–Kier alpha value is -2.98. The number of aryl methyl sites for hydroxylation is 4.